The number of carbonyl (C=O) groups excluding carboxylic acids is 2. The minimum absolute atomic E-state index is 0.0350. The number of anilines is 2. The molecule has 1 fully saturated rings. The lowest BCUT2D eigenvalue weighted by molar-refractivity contribution is -0.122. The van der Waals surface area contributed by atoms with Gasteiger partial charge in [-0.05, 0) is 24.6 Å². The van der Waals surface area contributed by atoms with E-state index >= 15 is 0 Å². The fourth-order valence-corrected chi connectivity index (χ4v) is 2.43. The van der Waals surface area contributed by atoms with Crippen molar-refractivity contribution in [1.29, 1.82) is 0 Å². The molecule has 0 spiro atoms. The van der Waals surface area contributed by atoms with Gasteiger partial charge in [0.05, 0.1) is 11.6 Å². The Morgan fingerprint density at radius 2 is 2.32 bits per heavy atom. The normalized spacial score (nSPS) is 17.8. The zero-order valence-corrected chi connectivity index (χ0v) is 11.8. The number of aromatic amines is 1. The van der Waals surface area contributed by atoms with E-state index in [1.165, 1.54) is 17.3 Å². The fraction of sp³-hybridized carbons (Fsp3) is 0.286. The molecule has 114 valence electrons. The summed E-state index contributed by atoms with van der Waals surface area (Å²) in [6, 6.07) is 4.65. The van der Waals surface area contributed by atoms with Gasteiger partial charge >= 0.3 is 0 Å². The average molecular weight is 303 g/mol. The highest BCUT2D eigenvalue weighted by atomic mass is 19.1. The summed E-state index contributed by atoms with van der Waals surface area (Å²) in [5.41, 5.74) is 0.970. The van der Waals surface area contributed by atoms with Crippen molar-refractivity contribution in [3.63, 3.8) is 0 Å². The van der Waals surface area contributed by atoms with Crippen molar-refractivity contribution in [2.24, 2.45) is 5.92 Å². The van der Waals surface area contributed by atoms with Crippen LogP contribution in [-0.4, -0.2) is 33.5 Å². The smallest absolute Gasteiger partial charge is 0.232 e. The summed E-state index contributed by atoms with van der Waals surface area (Å²) >= 11 is 0. The van der Waals surface area contributed by atoms with Crippen LogP contribution in [0.15, 0.2) is 24.5 Å². The molecule has 0 saturated carbocycles. The number of hydrogen-bond donors (Lipinski definition) is 2. The third-order valence-corrected chi connectivity index (χ3v) is 3.55. The maximum Gasteiger partial charge on any atom is 0.232 e. The first-order chi connectivity index (χ1) is 10.5. The van der Waals surface area contributed by atoms with Gasteiger partial charge in [0.15, 0.2) is 0 Å². The van der Waals surface area contributed by atoms with E-state index in [9.17, 15) is 14.0 Å². The van der Waals surface area contributed by atoms with Gasteiger partial charge in [-0.3, -0.25) is 14.9 Å². The first-order valence-corrected chi connectivity index (χ1v) is 6.77. The van der Waals surface area contributed by atoms with E-state index in [-0.39, 0.29) is 36.4 Å². The van der Waals surface area contributed by atoms with E-state index in [2.05, 4.69) is 20.5 Å². The summed E-state index contributed by atoms with van der Waals surface area (Å²) in [4.78, 5) is 29.3. The molecule has 1 aromatic carbocycles. The summed E-state index contributed by atoms with van der Waals surface area (Å²) in [6.45, 7) is 1.91. The summed E-state index contributed by atoms with van der Waals surface area (Å²) in [5.74, 6) is -1.43. The lowest BCUT2D eigenvalue weighted by Gasteiger charge is -2.17. The molecule has 1 aromatic heterocycles. The van der Waals surface area contributed by atoms with Crippen LogP contribution < -0.4 is 10.2 Å². The van der Waals surface area contributed by atoms with Crippen molar-refractivity contribution in [3.8, 4) is 0 Å². The molecule has 1 aliphatic heterocycles. The van der Waals surface area contributed by atoms with E-state index in [1.54, 1.807) is 19.1 Å². The topological polar surface area (TPSA) is 91.0 Å². The second-order valence-corrected chi connectivity index (χ2v) is 5.18. The first kappa shape index (κ1) is 14.2. The quantitative estimate of drug-likeness (QED) is 0.892. The number of nitrogens with one attached hydrogen (secondary N) is 2. The van der Waals surface area contributed by atoms with E-state index in [0.29, 0.717) is 0 Å². The van der Waals surface area contributed by atoms with Gasteiger partial charge in [-0.15, -0.1) is 0 Å². The lowest BCUT2D eigenvalue weighted by Crippen LogP contribution is -2.29. The highest BCUT2D eigenvalue weighted by molar-refractivity contribution is 6.03. The first-order valence-electron chi connectivity index (χ1n) is 6.77. The molecule has 1 saturated heterocycles. The molecule has 2 heterocycles. The number of benzene rings is 1. The number of aryl methyl sites for hydroxylation is 1. The van der Waals surface area contributed by atoms with Gasteiger partial charge in [-0.1, -0.05) is 6.07 Å². The number of carbonyl (C=O) groups is 2. The minimum Gasteiger partial charge on any atom is -0.309 e. The fourth-order valence-electron chi connectivity index (χ4n) is 2.43. The van der Waals surface area contributed by atoms with Crippen LogP contribution in [0.2, 0.25) is 0 Å². The molecule has 1 aliphatic rings. The van der Waals surface area contributed by atoms with Crippen molar-refractivity contribution in [2.45, 2.75) is 13.3 Å². The van der Waals surface area contributed by atoms with Crippen LogP contribution in [0.3, 0.4) is 0 Å². The maximum absolute atomic E-state index is 14.0. The molecule has 1 atom stereocenters. The standard InChI is InChI=1S/C14H14FN5O2/c1-8-2-3-11(10(15)4-8)20-6-9(5-12(20)21)13(22)18-14-16-7-17-19-14/h2-4,7,9H,5-6H2,1H3,(H2,16,17,18,19,22)/t9-/m1/s1. The van der Waals surface area contributed by atoms with Gasteiger partial charge < -0.3 is 4.90 Å². The Kier molecular flexibility index (Phi) is 3.58. The van der Waals surface area contributed by atoms with Gasteiger partial charge in [-0.2, -0.15) is 10.1 Å². The largest absolute Gasteiger partial charge is 0.309 e. The number of rotatable bonds is 3. The summed E-state index contributed by atoms with van der Waals surface area (Å²) < 4.78 is 14.0. The summed E-state index contributed by atoms with van der Waals surface area (Å²) in [6.07, 6.45) is 1.30. The molecule has 2 aromatic rings. The Morgan fingerprint density at radius 1 is 1.50 bits per heavy atom. The Bertz CT molecular complexity index is 716. The maximum atomic E-state index is 14.0. The molecule has 2 amide bonds. The molecular weight excluding hydrogens is 289 g/mol. The highest BCUT2D eigenvalue weighted by Crippen LogP contribution is 2.28. The minimum atomic E-state index is -0.557. The molecule has 22 heavy (non-hydrogen) atoms. The number of hydrogen-bond acceptors (Lipinski definition) is 4. The van der Waals surface area contributed by atoms with Gasteiger partial charge in [0.1, 0.15) is 12.1 Å². The average Bonchev–Trinajstić information content (AvgIpc) is 3.09. The predicted octanol–water partition coefficient (Wildman–Crippen LogP) is 1.24. The zero-order chi connectivity index (χ0) is 15.7. The van der Waals surface area contributed by atoms with Crippen molar-refractivity contribution in [3.05, 3.63) is 35.9 Å². The second-order valence-electron chi connectivity index (χ2n) is 5.18. The van der Waals surface area contributed by atoms with Crippen molar-refractivity contribution in [2.75, 3.05) is 16.8 Å². The van der Waals surface area contributed by atoms with E-state index in [1.807, 2.05) is 0 Å². The molecule has 0 radical (unpaired) electrons. The van der Waals surface area contributed by atoms with Gasteiger partial charge in [0.2, 0.25) is 17.8 Å². The number of nitrogens with zero attached hydrogens (tertiary/aromatic N) is 3. The van der Waals surface area contributed by atoms with Gasteiger partial charge in [0, 0.05) is 13.0 Å². The number of H-pyrrole nitrogens is 1. The van der Waals surface area contributed by atoms with Crippen LogP contribution in [0, 0.1) is 18.7 Å². The molecule has 0 bridgehead atoms. The zero-order valence-electron chi connectivity index (χ0n) is 11.8. The highest BCUT2D eigenvalue weighted by Gasteiger charge is 2.36. The summed E-state index contributed by atoms with van der Waals surface area (Å²) in [5, 5.41) is 8.67. The van der Waals surface area contributed by atoms with E-state index in [4.69, 9.17) is 0 Å². The van der Waals surface area contributed by atoms with Gasteiger partial charge in [0.25, 0.3) is 0 Å². The molecular formula is C14H14FN5O2. The Hall–Kier alpha value is -2.77. The number of aromatic nitrogens is 3. The van der Waals surface area contributed by atoms with Crippen molar-refractivity contribution >= 4 is 23.5 Å². The third-order valence-electron chi connectivity index (χ3n) is 3.55. The van der Waals surface area contributed by atoms with Crippen LogP contribution in [0.4, 0.5) is 16.0 Å². The van der Waals surface area contributed by atoms with Crippen molar-refractivity contribution in [1.82, 2.24) is 15.2 Å². The van der Waals surface area contributed by atoms with Gasteiger partial charge in [-0.25, -0.2) is 9.49 Å². The molecule has 3 rings (SSSR count). The monoisotopic (exact) mass is 303 g/mol. The van der Waals surface area contributed by atoms with E-state index < -0.39 is 11.7 Å². The molecule has 0 unspecified atom stereocenters. The van der Waals surface area contributed by atoms with Crippen LogP contribution in [-0.2, 0) is 9.59 Å². The molecule has 2 N–H and O–H groups in total. The lowest BCUT2D eigenvalue weighted by atomic mass is 10.1. The molecule has 0 aliphatic carbocycles. The summed E-state index contributed by atoms with van der Waals surface area (Å²) in [7, 11) is 0. The Balaban J connectivity index is 1.74. The Morgan fingerprint density at radius 3 is 3.00 bits per heavy atom. The molecule has 8 heteroatoms. The van der Waals surface area contributed by atoms with Crippen LogP contribution in [0.5, 0.6) is 0 Å². The predicted molar refractivity (Wildman–Crippen MR) is 76.6 cm³/mol. The van der Waals surface area contributed by atoms with Crippen LogP contribution in [0.25, 0.3) is 0 Å². The molecule has 7 nitrogen and oxygen atoms in total. The number of halogens is 1. The SMILES string of the molecule is Cc1ccc(N2C[C@H](C(=O)Nc3ncn[nH]3)CC2=O)c(F)c1. The van der Waals surface area contributed by atoms with Crippen LogP contribution >= 0.6 is 0 Å². The van der Waals surface area contributed by atoms with Crippen molar-refractivity contribution < 1.29 is 14.0 Å². The van der Waals surface area contributed by atoms with Crippen LogP contribution in [0.1, 0.15) is 12.0 Å². The van der Waals surface area contributed by atoms with E-state index in [0.717, 1.165) is 5.56 Å². The number of amides is 2. The Labute approximate surface area is 125 Å². The third kappa shape index (κ3) is 2.67. The second kappa shape index (κ2) is 5.55.